The Hall–Kier alpha value is -2.04. The SMILES string of the molecule is Nc1cnc(COc2ccccc2F)o1. The molecule has 0 aliphatic carbocycles. The fraction of sp³-hybridized carbons (Fsp3) is 0.100. The van der Waals surface area contributed by atoms with Crippen LogP contribution in [0.2, 0.25) is 0 Å². The molecule has 0 radical (unpaired) electrons. The van der Waals surface area contributed by atoms with Gasteiger partial charge in [-0.1, -0.05) is 12.1 Å². The number of hydrogen-bond acceptors (Lipinski definition) is 4. The molecule has 78 valence electrons. The third-order valence-corrected chi connectivity index (χ3v) is 1.76. The Morgan fingerprint density at radius 2 is 2.20 bits per heavy atom. The minimum absolute atomic E-state index is 0.0537. The first-order valence-corrected chi connectivity index (χ1v) is 4.33. The zero-order chi connectivity index (χ0) is 10.7. The molecule has 0 fully saturated rings. The summed E-state index contributed by atoms with van der Waals surface area (Å²) in [5, 5.41) is 0. The summed E-state index contributed by atoms with van der Waals surface area (Å²) in [5.41, 5.74) is 5.32. The minimum atomic E-state index is -0.419. The summed E-state index contributed by atoms with van der Waals surface area (Å²) < 4.78 is 23.2. The van der Waals surface area contributed by atoms with Crippen LogP contribution in [0.25, 0.3) is 0 Å². The van der Waals surface area contributed by atoms with Gasteiger partial charge in [-0.3, -0.25) is 0 Å². The number of ether oxygens (including phenoxy) is 1. The molecule has 0 aliphatic heterocycles. The number of rotatable bonds is 3. The number of hydrogen-bond donors (Lipinski definition) is 1. The van der Waals surface area contributed by atoms with Gasteiger partial charge in [0, 0.05) is 0 Å². The Kier molecular flexibility index (Phi) is 2.53. The molecule has 1 heterocycles. The van der Waals surface area contributed by atoms with Gasteiger partial charge < -0.3 is 14.9 Å². The van der Waals surface area contributed by atoms with E-state index in [4.69, 9.17) is 14.9 Å². The number of nitrogen functional groups attached to an aromatic ring is 1. The average molecular weight is 208 g/mol. The molecule has 4 nitrogen and oxygen atoms in total. The number of nitrogens with zero attached hydrogens (tertiary/aromatic N) is 1. The van der Waals surface area contributed by atoms with Crippen LogP contribution in [0.1, 0.15) is 5.89 Å². The highest BCUT2D eigenvalue weighted by atomic mass is 19.1. The molecular formula is C10H9FN2O2. The van der Waals surface area contributed by atoms with Crippen molar-refractivity contribution in [3.63, 3.8) is 0 Å². The quantitative estimate of drug-likeness (QED) is 0.837. The van der Waals surface area contributed by atoms with Crippen LogP contribution in [0.15, 0.2) is 34.9 Å². The second-order valence-electron chi connectivity index (χ2n) is 2.88. The van der Waals surface area contributed by atoms with Crippen molar-refractivity contribution in [3.8, 4) is 5.75 Å². The predicted molar refractivity (Wildman–Crippen MR) is 51.6 cm³/mol. The standard InChI is InChI=1S/C10H9FN2O2/c11-7-3-1-2-4-8(7)14-6-10-13-5-9(12)15-10/h1-5H,6,12H2. The first-order valence-electron chi connectivity index (χ1n) is 4.33. The lowest BCUT2D eigenvalue weighted by atomic mass is 10.3. The molecule has 2 N–H and O–H groups in total. The van der Waals surface area contributed by atoms with Gasteiger partial charge in [0.25, 0.3) is 0 Å². The van der Waals surface area contributed by atoms with E-state index in [1.807, 2.05) is 0 Å². The molecule has 1 aromatic carbocycles. The maximum Gasteiger partial charge on any atom is 0.234 e. The second kappa shape index (κ2) is 4.00. The van der Waals surface area contributed by atoms with E-state index >= 15 is 0 Å². The number of halogens is 1. The van der Waals surface area contributed by atoms with Crippen LogP contribution in [-0.2, 0) is 6.61 Å². The number of aromatic nitrogens is 1. The summed E-state index contributed by atoms with van der Waals surface area (Å²) in [6.07, 6.45) is 1.38. The molecule has 0 aliphatic rings. The fourth-order valence-corrected chi connectivity index (χ4v) is 1.09. The van der Waals surface area contributed by atoms with Crippen LogP contribution in [0, 0.1) is 5.82 Å². The van der Waals surface area contributed by atoms with Gasteiger partial charge in [-0.15, -0.1) is 0 Å². The van der Waals surface area contributed by atoms with Crippen molar-refractivity contribution in [2.24, 2.45) is 0 Å². The molecule has 0 atom stereocenters. The lowest BCUT2D eigenvalue weighted by Gasteiger charge is -2.03. The topological polar surface area (TPSA) is 61.3 Å². The van der Waals surface area contributed by atoms with Crippen LogP contribution >= 0.6 is 0 Å². The lowest BCUT2D eigenvalue weighted by molar-refractivity contribution is 0.254. The van der Waals surface area contributed by atoms with E-state index in [1.54, 1.807) is 12.1 Å². The van der Waals surface area contributed by atoms with Gasteiger partial charge in [-0.2, -0.15) is 0 Å². The van der Waals surface area contributed by atoms with Crippen molar-refractivity contribution < 1.29 is 13.5 Å². The Morgan fingerprint density at radius 1 is 1.40 bits per heavy atom. The molecule has 0 spiro atoms. The van der Waals surface area contributed by atoms with Gasteiger partial charge in [-0.05, 0) is 12.1 Å². The first-order chi connectivity index (χ1) is 7.25. The van der Waals surface area contributed by atoms with Crippen LogP contribution in [0.4, 0.5) is 10.3 Å². The van der Waals surface area contributed by atoms with Crippen molar-refractivity contribution in [1.29, 1.82) is 0 Å². The lowest BCUT2D eigenvalue weighted by Crippen LogP contribution is -1.97. The highest BCUT2D eigenvalue weighted by Crippen LogP contribution is 2.17. The van der Waals surface area contributed by atoms with E-state index in [2.05, 4.69) is 4.98 Å². The molecule has 0 saturated heterocycles. The molecule has 15 heavy (non-hydrogen) atoms. The highest BCUT2D eigenvalue weighted by Gasteiger charge is 2.05. The normalized spacial score (nSPS) is 10.2. The van der Waals surface area contributed by atoms with E-state index in [9.17, 15) is 4.39 Å². The van der Waals surface area contributed by atoms with E-state index in [0.29, 0.717) is 5.89 Å². The molecule has 0 saturated carbocycles. The predicted octanol–water partition coefficient (Wildman–Crippen LogP) is 1.97. The maximum atomic E-state index is 13.1. The molecule has 0 amide bonds. The summed E-state index contributed by atoms with van der Waals surface area (Å²) in [6, 6.07) is 6.12. The number of para-hydroxylation sites is 1. The minimum Gasteiger partial charge on any atom is -0.481 e. The van der Waals surface area contributed by atoms with Gasteiger partial charge in [0.15, 0.2) is 18.2 Å². The maximum absolute atomic E-state index is 13.1. The van der Waals surface area contributed by atoms with Gasteiger partial charge in [-0.25, -0.2) is 9.37 Å². The van der Waals surface area contributed by atoms with Crippen molar-refractivity contribution in [2.75, 3.05) is 5.73 Å². The van der Waals surface area contributed by atoms with Crippen molar-refractivity contribution in [1.82, 2.24) is 4.98 Å². The fourth-order valence-electron chi connectivity index (χ4n) is 1.09. The molecule has 2 rings (SSSR count). The molecule has 2 aromatic rings. The summed E-state index contributed by atoms with van der Waals surface area (Å²) in [7, 11) is 0. The smallest absolute Gasteiger partial charge is 0.234 e. The average Bonchev–Trinajstić information content (AvgIpc) is 2.63. The van der Waals surface area contributed by atoms with E-state index in [0.717, 1.165) is 0 Å². The monoisotopic (exact) mass is 208 g/mol. The van der Waals surface area contributed by atoms with E-state index < -0.39 is 5.82 Å². The van der Waals surface area contributed by atoms with Gasteiger partial charge in [0.1, 0.15) is 0 Å². The van der Waals surface area contributed by atoms with Crippen molar-refractivity contribution in [2.45, 2.75) is 6.61 Å². The zero-order valence-electron chi connectivity index (χ0n) is 7.81. The third-order valence-electron chi connectivity index (χ3n) is 1.76. The summed E-state index contributed by atoms with van der Waals surface area (Å²) in [4.78, 5) is 3.82. The molecular weight excluding hydrogens is 199 g/mol. The summed E-state index contributed by atoms with van der Waals surface area (Å²) >= 11 is 0. The number of anilines is 1. The van der Waals surface area contributed by atoms with E-state index in [-0.39, 0.29) is 18.2 Å². The largest absolute Gasteiger partial charge is 0.481 e. The Labute approximate surface area is 85.5 Å². The zero-order valence-corrected chi connectivity index (χ0v) is 7.81. The van der Waals surface area contributed by atoms with E-state index in [1.165, 1.54) is 18.3 Å². The highest BCUT2D eigenvalue weighted by molar-refractivity contribution is 5.24. The van der Waals surface area contributed by atoms with Crippen LogP contribution < -0.4 is 10.5 Å². The van der Waals surface area contributed by atoms with Gasteiger partial charge in [0.2, 0.25) is 11.8 Å². The Balaban J connectivity index is 2.02. The molecule has 5 heteroatoms. The van der Waals surface area contributed by atoms with Crippen molar-refractivity contribution in [3.05, 3.63) is 42.2 Å². The number of nitrogens with two attached hydrogens (primary N) is 1. The molecule has 0 unspecified atom stereocenters. The second-order valence-corrected chi connectivity index (χ2v) is 2.88. The third kappa shape index (κ3) is 2.25. The van der Waals surface area contributed by atoms with Crippen LogP contribution in [-0.4, -0.2) is 4.98 Å². The first kappa shape index (κ1) is 9.51. The Bertz CT molecular complexity index is 456. The summed E-state index contributed by atoms with van der Waals surface area (Å²) in [6.45, 7) is 0.0537. The van der Waals surface area contributed by atoms with Crippen molar-refractivity contribution >= 4 is 5.88 Å². The van der Waals surface area contributed by atoms with Crippen LogP contribution in [0.3, 0.4) is 0 Å². The van der Waals surface area contributed by atoms with Crippen LogP contribution in [0.5, 0.6) is 5.75 Å². The number of benzene rings is 1. The Morgan fingerprint density at radius 3 is 2.87 bits per heavy atom. The molecule has 0 bridgehead atoms. The van der Waals surface area contributed by atoms with Gasteiger partial charge in [0.05, 0.1) is 6.20 Å². The number of oxazole rings is 1. The summed E-state index contributed by atoms with van der Waals surface area (Å²) in [5.74, 6) is 0.268. The molecule has 1 aromatic heterocycles. The van der Waals surface area contributed by atoms with Gasteiger partial charge >= 0.3 is 0 Å².